The second-order valence-electron chi connectivity index (χ2n) is 6.14. The lowest BCUT2D eigenvalue weighted by Gasteiger charge is -2.37. The van der Waals surface area contributed by atoms with Gasteiger partial charge in [0, 0.05) is 36.5 Å². The van der Waals surface area contributed by atoms with E-state index >= 15 is 0 Å². The summed E-state index contributed by atoms with van der Waals surface area (Å²) in [6.45, 7) is 3.42. The second kappa shape index (κ2) is 6.00. The maximum atomic E-state index is 12.3. The molecule has 0 radical (unpaired) electrons. The smallest absolute Gasteiger partial charge is 0.232 e. The molecule has 1 fully saturated rings. The molecule has 8 heteroatoms. The normalized spacial score (nSPS) is 27.4. The third-order valence-electron chi connectivity index (χ3n) is 4.67. The highest BCUT2D eigenvalue weighted by molar-refractivity contribution is 7.91. The van der Waals surface area contributed by atoms with Gasteiger partial charge < -0.3 is 14.6 Å². The zero-order chi connectivity index (χ0) is 17.4. The van der Waals surface area contributed by atoms with Gasteiger partial charge in [-0.15, -0.1) is 0 Å². The molecule has 0 aromatic carbocycles. The molecule has 1 aliphatic carbocycles. The Hall–Kier alpha value is -2.24. The number of likely N-dealkylation sites (tertiary alicyclic amines) is 1. The zero-order valence-corrected chi connectivity index (χ0v) is 14.2. The van der Waals surface area contributed by atoms with Crippen molar-refractivity contribution in [3.05, 3.63) is 41.9 Å². The van der Waals surface area contributed by atoms with Gasteiger partial charge in [0.25, 0.3) is 0 Å². The number of anilines is 1. The first kappa shape index (κ1) is 16.6. The summed E-state index contributed by atoms with van der Waals surface area (Å²) in [7, 11) is -4.14. The third-order valence-corrected chi connectivity index (χ3v) is 6.17. The third kappa shape index (κ3) is 2.70. The van der Waals surface area contributed by atoms with Crippen LogP contribution in [0.1, 0.15) is 19.8 Å². The van der Waals surface area contributed by atoms with E-state index in [2.05, 4.69) is 10.2 Å². The van der Waals surface area contributed by atoms with Gasteiger partial charge in [-0.3, -0.25) is 0 Å². The van der Waals surface area contributed by atoms with Gasteiger partial charge in [0.2, 0.25) is 10.0 Å². The van der Waals surface area contributed by atoms with Crippen LogP contribution in [0.25, 0.3) is 0 Å². The minimum Gasteiger partial charge on any atom is -0.449 e. The number of nitrogens with zero attached hydrogens (tertiary/aromatic N) is 2. The summed E-state index contributed by atoms with van der Waals surface area (Å²) < 4.78 is 28.0. The van der Waals surface area contributed by atoms with Gasteiger partial charge in [-0.1, -0.05) is 6.92 Å². The average Bonchev–Trinajstić information content (AvgIpc) is 3.21. The predicted molar refractivity (Wildman–Crippen MR) is 89.9 cm³/mol. The van der Waals surface area contributed by atoms with Gasteiger partial charge in [0.05, 0.1) is 12.3 Å². The first-order valence-corrected chi connectivity index (χ1v) is 9.35. The van der Waals surface area contributed by atoms with Crippen molar-refractivity contribution in [2.75, 3.05) is 18.4 Å². The van der Waals surface area contributed by atoms with E-state index in [0.717, 1.165) is 31.6 Å². The number of nitrogens with two attached hydrogens (primary N) is 1. The molecule has 0 saturated carbocycles. The Bertz CT molecular complexity index is 814. The summed E-state index contributed by atoms with van der Waals surface area (Å²) >= 11 is 0. The maximum Gasteiger partial charge on any atom is 0.232 e. The minimum atomic E-state index is -4.14. The Morgan fingerprint density at radius 2 is 2.17 bits per heavy atom. The van der Waals surface area contributed by atoms with Crippen LogP contribution in [-0.2, 0) is 10.0 Å². The van der Waals surface area contributed by atoms with E-state index in [0.29, 0.717) is 11.6 Å². The van der Waals surface area contributed by atoms with Crippen LogP contribution in [0.15, 0.2) is 46.4 Å². The van der Waals surface area contributed by atoms with Gasteiger partial charge in [-0.05, 0) is 31.1 Å². The largest absolute Gasteiger partial charge is 0.449 e. The monoisotopic (exact) mass is 348 g/mol. The Balaban J connectivity index is 2.08. The SMILES string of the molecule is CC1C(N2CCCC2)=CC(Nc2ccco2)=CC1(C#N)S(N)(=O)=O. The van der Waals surface area contributed by atoms with Gasteiger partial charge in [-0.25, -0.2) is 13.6 Å². The summed E-state index contributed by atoms with van der Waals surface area (Å²) in [5, 5.41) is 18.2. The highest BCUT2D eigenvalue weighted by Crippen LogP contribution is 2.39. The highest BCUT2D eigenvalue weighted by atomic mass is 32.2. The summed E-state index contributed by atoms with van der Waals surface area (Å²) in [6.07, 6.45) is 6.86. The molecule has 2 aliphatic rings. The molecule has 1 aromatic heterocycles. The topological polar surface area (TPSA) is 112 Å². The standard InChI is InChI=1S/C16H20N4O3S/c1-12-14(20-6-2-3-7-20)9-13(19-15-5-4-8-23-15)10-16(12,11-17)24(18,21)22/h4-5,8-10,12,19H,2-3,6-7H2,1H3,(H2,18,21,22). The fraction of sp³-hybridized carbons (Fsp3) is 0.438. The van der Waals surface area contributed by atoms with Crippen LogP contribution in [0.5, 0.6) is 0 Å². The maximum absolute atomic E-state index is 12.3. The molecule has 24 heavy (non-hydrogen) atoms. The first-order chi connectivity index (χ1) is 11.4. The summed E-state index contributed by atoms with van der Waals surface area (Å²) in [5.41, 5.74) is 1.29. The molecule has 128 valence electrons. The van der Waals surface area contributed by atoms with Crippen molar-refractivity contribution in [3.8, 4) is 6.07 Å². The van der Waals surface area contributed by atoms with Gasteiger partial charge in [0.15, 0.2) is 10.6 Å². The molecule has 3 N–H and O–H groups in total. The molecule has 7 nitrogen and oxygen atoms in total. The molecule has 2 heterocycles. The van der Waals surface area contributed by atoms with Crippen LogP contribution in [0, 0.1) is 17.2 Å². The minimum absolute atomic E-state index is 0.467. The molecule has 1 aromatic rings. The molecule has 0 spiro atoms. The van der Waals surface area contributed by atoms with Crippen molar-refractivity contribution >= 4 is 15.9 Å². The van der Waals surface area contributed by atoms with Gasteiger partial charge in [-0.2, -0.15) is 5.26 Å². The average molecular weight is 348 g/mol. The van der Waals surface area contributed by atoms with Crippen molar-refractivity contribution in [2.45, 2.75) is 24.5 Å². The summed E-state index contributed by atoms with van der Waals surface area (Å²) in [6, 6.07) is 5.38. The molecular formula is C16H20N4O3S. The van der Waals surface area contributed by atoms with E-state index < -0.39 is 20.7 Å². The van der Waals surface area contributed by atoms with Crippen LogP contribution >= 0.6 is 0 Å². The van der Waals surface area contributed by atoms with Gasteiger partial charge >= 0.3 is 0 Å². The fourth-order valence-corrected chi connectivity index (χ4v) is 4.36. The number of hydrogen-bond donors (Lipinski definition) is 2. The number of nitrogens with one attached hydrogen (secondary N) is 1. The molecule has 1 saturated heterocycles. The lowest BCUT2D eigenvalue weighted by molar-refractivity contribution is 0.353. The Morgan fingerprint density at radius 1 is 1.46 bits per heavy atom. The number of nitriles is 1. The first-order valence-electron chi connectivity index (χ1n) is 7.81. The van der Waals surface area contributed by atoms with Crippen molar-refractivity contribution < 1.29 is 12.8 Å². The van der Waals surface area contributed by atoms with Crippen LogP contribution in [0.4, 0.5) is 5.88 Å². The predicted octanol–water partition coefficient (Wildman–Crippen LogP) is 1.76. The molecule has 2 atom stereocenters. The van der Waals surface area contributed by atoms with E-state index in [-0.39, 0.29) is 0 Å². The molecule has 0 amide bonds. The van der Waals surface area contributed by atoms with Crippen molar-refractivity contribution in [1.29, 1.82) is 5.26 Å². The number of primary sulfonamides is 1. The summed E-state index contributed by atoms with van der Waals surface area (Å²) in [5.74, 6) is -0.0909. The number of allylic oxidation sites excluding steroid dienone is 2. The quantitative estimate of drug-likeness (QED) is 0.857. The second-order valence-corrected chi connectivity index (χ2v) is 7.90. The molecule has 2 unspecified atom stereocenters. The van der Waals surface area contributed by atoms with Crippen molar-refractivity contribution in [2.24, 2.45) is 11.1 Å². The zero-order valence-electron chi connectivity index (χ0n) is 13.4. The number of rotatable bonds is 4. The Morgan fingerprint density at radius 3 is 2.71 bits per heavy atom. The van der Waals surface area contributed by atoms with Crippen molar-refractivity contribution in [1.82, 2.24) is 4.90 Å². The lowest BCUT2D eigenvalue weighted by atomic mass is 9.85. The summed E-state index contributed by atoms with van der Waals surface area (Å²) in [4.78, 5) is 2.12. The number of sulfonamides is 1. The number of furan rings is 1. The van der Waals surface area contributed by atoms with E-state index in [1.165, 1.54) is 12.3 Å². The van der Waals surface area contributed by atoms with Gasteiger partial charge in [0.1, 0.15) is 0 Å². The molecule has 3 rings (SSSR count). The molecule has 0 bridgehead atoms. The Labute approximate surface area is 141 Å². The van der Waals surface area contributed by atoms with E-state index in [4.69, 9.17) is 9.56 Å². The fourth-order valence-electron chi connectivity index (χ4n) is 3.33. The van der Waals surface area contributed by atoms with Crippen molar-refractivity contribution in [3.63, 3.8) is 0 Å². The number of hydrogen-bond acceptors (Lipinski definition) is 6. The highest BCUT2D eigenvalue weighted by Gasteiger charge is 2.50. The molecular weight excluding hydrogens is 328 g/mol. The Kier molecular flexibility index (Phi) is 4.15. The van der Waals surface area contributed by atoms with E-state index in [1.54, 1.807) is 19.1 Å². The van der Waals surface area contributed by atoms with Crippen LogP contribution in [0.2, 0.25) is 0 Å². The van der Waals surface area contributed by atoms with E-state index in [9.17, 15) is 13.7 Å². The van der Waals surface area contributed by atoms with Crippen LogP contribution < -0.4 is 10.5 Å². The van der Waals surface area contributed by atoms with Crippen LogP contribution in [0.3, 0.4) is 0 Å². The van der Waals surface area contributed by atoms with E-state index in [1.807, 2.05) is 12.1 Å². The lowest BCUT2D eigenvalue weighted by Crippen LogP contribution is -2.50. The molecule has 1 aliphatic heterocycles. The van der Waals surface area contributed by atoms with Crippen LogP contribution in [-0.4, -0.2) is 31.2 Å².